The molecule has 0 unspecified atom stereocenters. The van der Waals surface area contributed by atoms with Gasteiger partial charge in [0.1, 0.15) is 18.7 Å². The van der Waals surface area contributed by atoms with Crippen LogP contribution < -0.4 is 10.2 Å². The van der Waals surface area contributed by atoms with Gasteiger partial charge in [-0.1, -0.05) is 6.92 Å². The number of amides is 1. The van der Waals surface area contributed by atoms with Crippen LogP contribution in [0.2, 0.25) is 0 Å². The van der Waals surface area contributed by atoms with Crippen molar-refractivity contribution >= 4 is 22.8 Å². The summed E-state index contributed by atoms with van der Waals surface area (Å²) in [7, 11) is 1.65. The third-order valence-electron chi connectivity index (χ3n) is 4.64. The molecule has 0 atom stereocenters. The van der Waals surface area contributed by atoms with Crippen LogP contribution in [0.5, 0.6) is 0 Å². The first kappa shape index (κ1) is 17.6. The molecule has 1 amide bonds. The van der Waals surface area contributed by atoms with Crippen molar-refractivity contribution in [2.45, 2.75) is 32.7 Å². The van der Waals surface area contributed by atoms with Crippen LogP contribution in [0.25, 0.3) is 11.0 Å². The molecule has 0 aliphatic carbocycles. The third-order valence-corrected chi connectivity index (χ3v) is 4.64. The monoisotopic (exact) mass is 346 g/mol. The van der Waals surface area contributed by atoms with Crippen molar-refractivity contribution in [1.82, 2.24) is 25.1 Å². The van der Waals surface area contributed by atoms with Crippen LogP contribution in [-0.4, -0.2) is 59.0 Å². The van der Waals surface area contributed by atoms with Crippen LogP contribution in [0, 0.1) is 5.92 Å². The maximum Gasteiger partial charge on any atom is 0.241 e. The number of aromatic nitrogens is 4. The lowest BCUT2D eigenvalue weighted by molar-refractivity contribution is -0.121. The van der Waals surface area contributed by atoms with Gasteiger partial charge in [-0.15, -0.1) is 0 Å². The first-order valence-corrected chi connectivity index (χ1v) is 8.86. The van der Waals surface area contributed by atoms with Crippen molar-refractivity contribution in [1.29, 1.82) is 0 Å². The fourth-order valence-electron chi connectivity index (χ4n) is 3.10. The van der Waals surface area contributed by atoms with Gasteiger partial charge in [0.15, 0.2) is 5.65 Å². The van der Waals surface area contributed by atoms with Crippen molar-refractivity contribution < 1.29 is 9.53 Å². The summed E-state index contributed by atoms with van der Waals surface area (Å²) in [5.41, 5.74) is 0.704. The number of hydrogen-bond acceptors (Lipinski definition) is 6. The van der Waals surface area contributed by atoms with E-state index in [1.165, 1.54) is 12.8 Å². The second-order valence-electron chi connectivity index (χ2n) is 6.60. The highest BCUT2D eigenvalue weighted by molar-refractivity contribution is 5.87. The van der Waals surface area contributed by atoms with Crippen LogP contribution in [0.3, 0.4) is 0 Å². The summed E-state index contributed by atoms with van der Waals surface area (Å²) >= 11 is 0. The fourth-order valence-corrected chi connectivity index (χ4v) is 3.10. The lowest BCUT2D eigenvalue weighted by atomic mass is 9.99. The Morgan fingerprint density at radius 2 is 2.16 bits per heavy atom. The molecule has 2 aromatic heterocycles. The molecule has 2 aromatic rings. The van der Waals surface area contributed by atoms with Gasteiger partial charge in [-0.3, -0.25) is 4.79 Å². The Balaban J connectivity index is 1.69. The Labute approximate surface area is 147 Å². The van der Waals surface area contributed by atoms with Gasteiger partial charge in [-0.25, -0.2) is 14.6 Å². The zero-order valence-corrected chi connectivity index (χ0v) is 14.9. The standard InChI is InChI=1S/C17H26N6O2/c1-13-4-7-22(8-5-13)16-14-10-21-23(17(14)20-12-19-16)11-15(24)18-6-3-9-25-2/h10,12-13H,3-9,11H2,1-2H3,(H,18,24). The van der Waals surface area contributed by atoms with Gasteiger partial charge in [0.2, 0.25) is 5.91 Å². The number of carbonyl (C=O) groups excluding carboxylic acids is 1. The molecule has 3 rings (SSSR count). The van der Waals surface area contributed by atoms with Gasteiger partial charge in [0.05, 0.1) is 11.6 Å². The molecule has 1 aliphatic rings. The highest BCUT2D eigenvalue weighted by Gasteiger charge is 2.20. The highest BCUT2D eigenvalue weighted by Crippen LogP contribution is 2.26. The van der Waals surface area contributed by atoms with E-state index in [9.17, 15) is 4.79 Å². The van der Waals surface area contributed by atoms with Gasteiger partial charge in [0, 0.05) is 33.4 Å². The van der Waals surface area contributed by atoms with Crippen molar-refractivity contribution in [2.24, 2.45) is 5.92 Å². The number of ether oxygens (including phenoxy) is 1. The summed E-state index contributed by atoms with van der Waals surface area (Å²) in [4.78, 5) is 23.2. The van der Waals surface area contributed by atoms with E-state index in [0.29, 0.717) is 18.8 Å². The number of nitrogens with zero attached hydrogens (tertiary/aromatic N) is 5. The number of nitrogens with one attached hydrogen (secondary N) is 1. The minimum atomic E-state index is -0.0759. The normalized spacial score (nSPS) is 15.7. The molecule has 1 saturated heterocycles. The predicted octanol–water partition coefficient (Wildman–Crippen LogP) is 1.22. The zero-order valence-electron chi connectivity index (χ0n) is 14.9. The first-order chi connectivity index (χ1) is 12.2. The highest BCUT2D eigenvalue weighted by atomic mass is 16.5. The van der Waals surface area contributed by atoms with E-state index in [4.69, 9.17) is 4.74 Å². The molecule has 0 radical (unpaired) electrons. The van der Waals surface area contributed by atoms with Crippen LogP contribution in [0.1, 0.15) is 26.2 Å². The van der Waals surface area contributed by atoms with Crippen molar-refractivity contribution in [3.8, 4) is 0 Å². The predicted molar refractivity (Wildman–Crippen MR) is 95.4 cm³/mol. The molecule has 1 aliphatic heterocycles. The van der Waals surface area contributed by atoms with Gasteiger partial charge < -0.3 is 15.0 Å². The number of anilines is 1. The molecular formula is C17H26N6O2. The molecule has 0 aromatic carbocycles. The summed E-state index contributed by atoms with van der Waals surface area (Å²) in [5, 5.41) is 8.13. The van der Waals surface area contributed by atoms with E-state index in [0.717, 1.165) is 36.6 Å². The molecular weight excluding hydrogens is 320 g/mol. The van der Waals surface area contributed by atoms with Gasteiger partial charge in [0.25, 0.3) is 0 Å². The number of carbonyl (C=O) groups is 1. The summed E-state index contributed by atoms with van der Waals surface area (Å²) in [6.45, 7) is 5.67. The minimum Gasteiger partial charge on any atom is -0.385 e. The molecule has 1 N–H and O–H groups in total. The Kier molecular flexibility index (Phi) is 5.80. The van der Waals surface area contributed by atoms with Crippen LogP contribution in [0.4, 0.5) is 5.82 Å². The Hall–Kier alpha value is -2.22. The second kappa shape index (κ2) is 8.24. The van der Waals surface area contributed by atoms with E-state index in [1.807, 2.05) is 0 Å². The summed E-state index contributed by atoms with van der Waals surface area (Å²) < 4.78 is 6.61. The van der Waals surface area contributed by atoms with E-state index in [1.54, 1.807) is 24.3 Å². The Morgan fingerprint density at radius 1 is 1.36 bits per heavy atom. The molecule has 0 bridgehead atoms. The Bertz CT molecular complexity index is 708. The third kappa shape index (κ3) is 4.25. The fraction of sp³-hybridized carbons (Fsp3) is 0.647. The van der Waals surface area contributed by atoms with Crippen LogP contribution in [-0.2, 0) is 16.1 Å². The quantitative estimate of drug-likeness (QED) is 0.759. The molecule has 0 spiro atoms. The maximum absolute atomic E-state index is 12.1. The SMILES string of the molecule is COCCCNC(=O)Cn1ncc2c(N3CCC(C)CC3)ncnc21. The number of rotatable bonds is 7. The summed E-state index contributed by atoms with van der Waals surface area (Å²) in [5.74, 6) is 1.61. The lowest BCUT2D eigenvalue weighted by Gasteiger charge is -2.31. The van der Waals surface area contributed by atoms with Crippen LogP contribution >= 0.6 is 0 Å². The van der Waals surface area contributed by atoms with Gasteiger partial charge in [-0.2, -0.15) is 5.10 Å². The molecule has 8 heteroatoms. The Morgan fingerprint density at radius 3 is 2.92 bits per heavy atom. The van der Waals surface area contributed by atoms with E-state index in [-0.39, 0.29) is 12.5 Å². The van der Waals surface area contributed by atoms with E-state index in [2.05, 4.69) is 32.2 Å². The van der Waals surface area contributed by atoms with E-state index >= 15 is 0 Å². The maximum atomic E-state index is 12.1. The topological polar surface area (TPSA) is 85.2 Å². The molecule has 0 saturated carbocycles. The van der Waals surface area contributed by atoms with Gasteiger partial charge >= 0.3 is 0 Å². The molecule has 3 heterocycles. The van der Waals surface area contributed by atoms with Crippen molar-refractivity contribution in [3.63, 3.8) is 0 Å². The zero-order chi connectivity index (χ0) is 17.6. The summed E-state index contributed by atoms with van der Waals surface area (Å²) in [6.07, 6.45) is 6.46. The number of piperidine rings is 1. The molecule has 25 heavy (non-hydrogen) atoms. The van der Waals surface area contributed by atoms with E-state index < -0.39 is 0 Å². The van der Waals surface area contributed by atoms with Crippen molar-refractivity contribution in [3.05, 3.63) is 12.5 Å². The van der Waals surface area contributed by atoms with Gasteiger partial charge in [-0.05, 0) is 25.2 Å². The summed E-state index contributed by atoms with van der Waals surface area (Å²) in [6, 6.07) is 0. The smallest absolute Gasteiger partial charge is 0.241 e. The molecule has 8 nitrogen and oxygen atoms in total. The largest absolute Gasteiger partial charge is 0.385 e. The number of methoxy groups -OCH3 is 1. The van der Waals surface area contributed by atoms with Crippen LogP contribution in [0.15, 0.2) is 12.5 Å². The number of fused-ring (bicyclic) bond motifs is 1. The average Bonchev–Trinajstić information content (AvgIpc) is 3.02. The number of hydrogen-bond donors (Lipinski definition) is 1. The average molecular weight is 346 g/mol. The minimum absolute atomic E-state index is 0.0759. The molecule has 136 valence electrons. The lowest BCUT2D eigenvalue weighted by Crippen LogP contribution is -2.33. The van der Waals surface area contributed by atoms with Crippen molar-refractivity contribution in [2.75, 3.05) is 38.3 Å². The first-order valence-electron chi connectivity index (χ1n) is 8.86. The second-order valence-corrected chi connectivity index (χ2v) is 6.60. The molecule has 1 fully saturated rings.